The molecular weight excluding hydrogens is 544 g/mol. The maximum Gasteiger partial charge on any atom is 0.272 e. The van der Waals surface area contributed by atoms with Gasteiger partial charge in [-0.2, -0.15) is 5.10 Å². The molecule has 43 heavy (non-hydrogen) atoms. The highest BCUT2D eigenvalue weighted by molar-refractivity contribution is 6.07. The van der Waals surface area contributed by atoms with Crippen molar-refractivity contribution in [2.75, 3.05) is 53.2 Å². The number of benzene rings is 3. The molecule has 0 aliphatic carbocycles. The lowest BCUT2D eigenvalue weighted by molar-refractivity contribution is 0.0321. The summed E-state index contributed by atoms with van der Waals surface area (Å²) < 4.78 is 22.8. The molecule has 9 nitrogen and oxygen atoms in total. The smallest absolute Gasteiger partial charge is 0.272 e. The summed E-state index contributed by atoms with van der Waals surface area (Å²) >= 11 is 0. The van der Waals surface area contributed by atoms with Crippen LogP contribution in [0.15, 0.2) is 77.9 Å². The van der Waals surface area contributed by atoms with Gasteiger partial charge in [0.05, 0.1) is 49.9 Å². The van der Waals surface area contributed by atoms with Crippen LogP contribution in [-0.4, -0.2) is 75.2 Å². The topological polar surface area (TPSA) is 94.5 Å². The summed E-state index contributed by atoms with van der Waals surface area (Å²) in [5.41, 5.74) is 6.20. The van der Waals surface area contributed by atoms with Gasteiger partial charge in [0.25, 0.3) is 5.91 Å². The highest BCUT2D eigenvalue weighted by atomic mass is 16.5. The van der Waals surface area contributed by atoms with Gasteiger partial charge in [-0.15, -0.1) is 0 Å². The molecule has 5 rings (SSSR count). The van der Waals surface area contributed by atoms with Gasteiger partial charge in [-0.05, 0) is 54.4 Å². The molecule has 1 saturated heterocycles. The van der Waals surface area contributed by atoms with Crippen LogP contribution in [0.5, 0.6) is 17.2 Å². The van der Waals surface area contributed by atoms with Gasteiger partial charge in [-0.3, -0.25) is 9.69 Å². The molecule has 1 aromatic heterocycles. The molecule has 0 bridgehead atoms. The standard InChI is InChI=1S/C34H38N4O5/c1-3-4-17-42-27-9-7-8-26(22-27)31-23-29(28-10-5-6-11-30(28)36-31)34(39)37-35-24-25-12-13-32(33(21-25)40-2)43-20-16-38-14-18-41-19-15-38/h5-13,21-24H,3-4,14-20H2,1-2H3,(H,37,39)/b35-24+. The average molecular weight is 583 g/mol. The maximum atomic E-state index is 13.4. The molecule has 1 amide bonds. The van der Waals surface area contributed by atoms with Crippen molar-refractivity contribution >= 4 is 23.0 Å². The monoisotopic (exact) mass is 582 g/mol. The minimum absolute atomic E-state index is 0.332. The Morgan fingerprint density at radius 1 is 1.00 bits per heavy atom. The van der Waals surface area contributed by atoms with Crippen LogP contribution in [0.2, 0.25) is 0 Å². The Labute approximate surface area is 252 Å². The number of hydrogen-bond donors (Lipinski definition) is 1. The Morgan fingerprint density at radius 2 is 1.86 bits per heavy atom. The number of amides is 1. The van der Waals surface area contributed by atoms with Crippen molar-refractivity contribution in [3.05, 3.63) is 83.9 Å². The van der Waals surface area contributed by atoms with Crippen molar-refractivity contribution in [1.29, 1.82) is 0 Å². The zero-order valence-electron chi connectivity index (χ0n) is 24.8. The van der Waals surface area contributed by atoms with Gasteiger partial charge >= 0.3 is 0 Å². The number of hydrogen-bond acceptors (Lipinski definition) is 8. The number of methoxy groups -OCH3 is 1. The SMILES string of the molecule is CCCCOc1cccc(-c2cc(C(=O)N/N=C/c3ccc(OCCN4CCOCC4)c(OC)c3)c3ccccc3n2)c1. The number of morpholine rings is 1. The first-order valence-electron chi connectivity index (χ1n) is 14.7. The lowest BCUT2D eigenvalue weighted by Gasteiger charge is -2.26. The van der Waals surface area contributed by atoms with Gasteiger partial charge in [0, 0.05) is 30.6 Å². The normalized spacial score (nSPS) is 13.7. The number of hydrazone groups is 1. The summed E-state index contributed by atoms with van der Waals surface area (Å²) in [6.45, 7) is 7.52. The molecule has 3 aromatic carbocycles. The summed E-state index contributed by atoms with van der Waals surface area (Å²) in [5.74, 6) is 1.71. The van der Waals surface area contributed by atoms with Crippen LogP contribution in [0.1, 0.15) is 35.7 Å². The number of para-hydroxylation sites is 1. The third-order valence-corrected chi connectivity index (χ3v) is 7.19. The van der Waals surface area contributed by atoms with Crippen molar-refractivity contribution in [3.8, 4) is 28.5 Å². The average Bonchev–Trinajstić information content (AvgIpc) is 3.05. The number of unbranched alkanes of at least 4 members (excludes halogenated alkanes) is 1. The van der Waals surface area contributed by atoms with Crippen LogP contribution in [0.25, 0.3) is 22.2 Å². The van der Waals surface area contributed by atoms with Crippen LogP contribution in [0.3, 0.4) is 0 Å². The first-order chi connectivity index (χ1) is 21.1. The second-order valence-electron chi connectivity index (χ2n) is 10.2. The number of pyridine rings is 1. The molecule has 0 radical (unpaired) electrons. The summed E-state index contributed by atoms with van der Waals surface area (Å²) in [4.78, 5) is 20.5. The first-order valence-corrected chi connectivity index (χ1v) is 14.7. The van der Waals surface area contributed by atoms with Crippen LogP contribution in [0.4, 0.5) is 0 Å². The molecule has 2 heterocycles. The van der Waals surface area contributed by atoms with Crippen molar-refractivity contribution < 1.29 is 23.7 Å². The molecule has 1 aliphatic rings. The minimum atomic E-state index is -0.332. The summed E-state index contributed by atoms with van der Waals surface area (Å²) in [6, 6.07) is 22.7. The predicted molar refractivity (Wildman–Crippen MR) is 168 cm³/mol. The lowest BCUT2D eigenvalue weighted by atomic mass is 10.0. The maximum absolute atomic E-state index is 13.4. The number of ether oxygens (including phenoxy) is 4. The van der Waals surface area contributed by atoms with E-state index in [1.54, 1.807) is 19.4 Å². The van der Waals surface area contributed by atoms with Crippen LogP contribution in [-0.2, 0) is 4.74 Å². The van der Waals surface area contributed by atoms with Crippen molar-refractivity contribution in [3.63, 3.8) is 0 Å². The fourth-order valence-corrected chi connectivity index (χ4v) is 4.81. The van der Waals surface area contributed by atoms with Crippen LogP contribution in [0, 0.1) is 0 Å². The molecule has 1 N–H and O–H groups in total. The number of carbonyl (C=O) groups excluding carboxylic acids is 1. The van der Waals surface area contributed by atoms with Gasteiger partial charge < -0.3 is 18.9 Å². The first kappa shape index (κ1) is 30.0. The van der Waals surface area contributed by atoms with E-state index < -0.39 is 0 Å². The number of fused-ring (bicyclic) bond motifs is 1. The van der Waals surface area contributed by atoms with Crippen molar-refractivity contribution in [2.24, 2.45) is 5.10 Å². The molecule has 1 aliphatic heterocycles. The van der Waals surface area contributed by atoms with Gasteiger partial charge in [0.1, 0.15) is 12.4 Å². The van der Waals surface area contributed by atoms with E-state index in [4.69, 9.17) is 23.9 Å². The van der Waals surface area contributed by atoms with E-state index in [9.17, 15) is 4.79 Å². The molecule has 0 spiro atoms. The molecule has 0 saturated carbocycles. The molecule has 224 valence electrons. The van der Waals surface area contributed by atoms with E-state index in [0.717, 1.165) is 73.5 Å². The number of nitrogens with one attached hydrogen (secondary N) is 1. The molecular formula is C34H38N4O5. The Bertz CT molecular complexity index is 1550. The fraction of sp³-hybridized carbons (Fsp3) is 0.324. The largest absolute Gasteiger partial charge is 0.494 e. The van der Waals surface area contributed by atoms with Gasteiger partial charge in [0.15, 0.2) is 11.5 Å². The second-order valence-corrected chi connectivity index (χ2v) is 10.2. The van der Waals surface area contributed by atoms with E-state index in [2.05, 4.69) is 22.4 Å². The van der Waals surface area contributed by atoms with Gasteiger partial charge in [-0.25, -0.2) is 10.4 Å². The number of carbonyl (C=O) groups is 1. The van der Waals surface area contributed by atoms with Crippen LogP contribution < -0.4 is 19.6 Å². The number of aromatic nitrogens is 1. The predicted octanol–water partition coefficient (Wildman–Crippen LogP) is 5.56. The zero-order valence-corrected chi connectivity index (χ0v) is 24.8. The van der Waals surface area contributed by atoms with E-state index in [0.29, 0.717) is 36.0 Å². The van der Waals surface area contributed by atoms with E-state index >= 15 is 0 Å². The Kier molecular flexibility index (Phi) is 10.6. The number of rotatable bonds is 13. The molecule has 1 fully saturated rings. The third kappa shape index (κ3) is 8.09. The van der Waals surface area contributed by atoms with Gasteiger partial charge in [-0.1, -0.05) is 43.7 Å². The highest BCUT2D eigenvalue weighted by Crippen LogP contribution is 2.29. The molecule has 9 heteroatoms. The Hall–Kier alpha value is -4.47. The summed E-state index contributed by atoms with van der Waals surface area (Å²) in [6.07, 6.45) is 3.64. The number of nitrogens with zero attached hydrogens (tertiary/aromatic N) is 3. The van der Waals surface area contributed by atoms with E-state index in [1.807, 2.05) is 66.7 Å². The van der Waals surface area contributed by atoms with E-state index in [-0.39, 0.29) is 5.91 Å². The second kappa shape index (κ2) is 15.1. The Balaban J connectivity index is 1.27. The zero-order chi connectivity index (χ0) is 29.9. The molecule has 0 atom stereocenters. The molecule has 4 aromatic rings. The summed E-state index contributed by atoms with van der Waals surface area (Å²) in [5, 5.41) is 4.98. The summed E-state index contributed by atoms with van der Waals surface area (Å²) in [7, 11) is 1.60. The van der Waals surface area contributed by atoms with E-state index in [1.165, 1.54) is 0 Å². The van der Waals surface area contributed by atoms with Crippen molar-refractivity contribution in [1.82, 2.24) is 15.3 Å². The van der Waals surface area contributed by atoms with Gasteiger partial charge in [0.2, 0.25) is 0 Å². The minimum Gasteiger partial charge on any atom is -0.494 e. The quantitative estimate of drug-likeness (QED) is 0.125. The van der Waals surface area contributed by atoms with Crippen LogP contribution >= 0.6 is 0 Å². The van der Waals surface area contributed by atoms with Crippen molar-refractivity contribution in [2.45, 2.75) is 19.8 Å². The fourth-order valence-electron chi connectivity index (χ4n) is 4.81. The lowest BCUT2D eigenvalue weighted by Crippen LogP contribution is -2.38. The highest BCUT2D eigenvalue weighted by Gasteiger charge is 2.15. The molecule has 0 unspecified atom stereocenters. The third-order valence-electron chi connectivity index (χ3n) is 7.19. The Morgan fingerprint density at radius 3 is 2.70 bits per heavy atom.